The number of fused-ring (bicyclic) bond motifs is 1. The fourth-order valence-electron chi connectivity index (χ4n) is 3.71. The van der Waals surface area contributed by atoms with Gasteiger partial charge in [0.25, 0.3) is 0 Å². The van der Waals surface area contributed by atoms with Gasteiger partial charge in [-0.2, -0.15) is 0 Å². The average Bonchev–Trinajstić information content (AvgIpc) is 3.10. The summed E-state index contributed by atoms with van der Waals surface area (Å²) in [6, 6.07) is 15.5. The summed E-state index contributed by atoms with van der Waals surface area (Å²) < 4.78 is 11.6. The lowest BCUT2D eigenvalue weighted by Gasteiger charge is -2.40. The SMILES string of the molecule is OCC1OC(c2ccc3c(c2)C(c2ccccc2)OC3)C(O)C(O)C1O. The molecular formula is C20H22O6. The second kappa shape index (κ2) is 7.08. The van der Waals surface area contributed by atoms with E-state index in [2.05, 4.69) is 0 Å². The van der Waals surface area contributed by atoms with E-state index < -0.39 is 37.1 Å². The van der Waals surface area contributed by atoms with Crippen LogP contribution in [0.4, 0.5) is 0 Å². The Balaban J connectivity index is 1.67. The molecule has 6 heteroatoms. The van der Waals surface area contributed by atoms with E-state index in [9.17, 15) is 20.4 Å². The second-order valence-corrected chi connectivity index (χ2v) is 6.81. The monoisotopic (exact) mass is 358 g/mol. The van der Waals surface area contributed by atoms with Gasteiger partial charge in [-0.3, -0.25) is 0 Å². The third-order valence-corrected chi connectivity index (χ3v) is 5.18. The molecule has 2 aromatic carbocycles. The molecule has 4 N–H and O–H groups in total. The smallest absolute Gasteiger partial charge is 0.113 e. The predicted molar refractivity (Wildman–Crippen MR) is 92.2 cm³/mol. The number of hydrogen-bond donors (Lipinski definition) is 4. The van der Waals surface area contributed by atoms with E-state index in [0.717, 1.165) is 16.7 Å². The largest absolute Gasteiger partial charge is 0.394 e. The summed E-state index contributed by atoms with van der Waals surface area (Å²) in [7, 11) is 0. The molecule has 0 radical (unpaired) electrons. The Kier molecular flexibility index (Phi) is 4.79. The van der Waals surface area contributed by atoms with Crippen LogP contribution in [0.25, 0.3) is 0 Å². The van der Waals surface area contributed by atoms with Gasteiger partial charge in [0, 0.05) is 0 Å². The summed E-state index contributed by atoms with van der Waals surface area (Å²) in [5.41, 5.74) is 3.77. The number of ether oxygens (including phenoxy) is 2. The van der Waals surface area contributed by atoms with Crippen LogP contribution in [0.3, 0.4) is 0 Å². The number of rotatable bonds is 3. The molecule has 6 nitrogen and oxygen atoms in total. The van der Waals surface area contributed by atoms with E-state index in [1.165, 1.54) is 0 Å². The predicted octanol–water partition coefficient (Wildman–Crippen LogP) is 0.821. The number of aliphatic hydroxyl groups excluding tert-OH is 4. The van der Waals surface area contributed by atoms with Crippen LogP contribution < -0.4 is 0 Å². The highest BCUT2D eigenvalue weighted by Crippen LogP contribution is 2.39. The van der Waals surface area contributed by atoms with Gasteiger partial charge in [-0.25, -0.2) is 0 Å². The van der Waals surface area contributed by atoms with Crippen LogP contribution in [0.2, 0.25) is 0 Å². The van der Waals surface area contributed by atoms with Gasteiger partial charge in [0.05, 0.1) is 13.2 Å². The van der Waals surface area contributed by atoms with Gasteiger partial charge in [-0.15, -0.1) is 0 Å². The Morgan fingerprint density at radius 2 is 1.65 bits per heavy atom. The molecule has 2 heterocycles. The highest BCUT2D eigenvalue weighted by molar-refractivity contribution is 5.42. The highest BCUT2D eigenvalue weighted by Gasteiger charge is 2.44. The molecule has 1 fully saturated rings. The van der Waals surface area contributed by atoms with Crippen molar-refractivity contribution in [1.29, 1.82) is 0 Å². The first-order valence-electron chi connectivity index (χ1n) is 8.70. The first-order chi connectivity index (χ1) is 12.6. The number of hydrogen-bond acceptors (Lipinski definition) is 6. The molecule has 1 saturated heterocycles. The van der Waals surface area contributed by atoms with Gasteiger partial charge < -0.3 is 29.9 Å². The zero-order chi connectivity index (χ0) is 18.3. The molecule has 0 amide bonds. The molecule has 0 saturated carbocycles. The number of aliphatic hydroxyl groups is 4. The maximum absolute atomic E-state index is 10.4. The summed E-state index contributed by atoms with van der Waals surface area (Å²) in [4.78, 5) is 0. The molecular weight excluding hydrogens is 336 g/mol. The van der Waals surface area contributed by atoms with Crippen molar-refractivity contribution in [3.8, 4) is 0 Å². The lowest BCUT2D eigenvalue weighted by Crippen LogP contribution is -2.55. The molecule has 138 valence electrons. The summed E-state index contributed by atoms with van der Waals surface area (Å²) in [6.07, 6.45) is -6.00. The third kappa shape index (κ3) is 2.95. The zero-order valence-corrected chi connectivity index (χ0v) is 14.1. The average molecular weight is 358 g/mol. The van der Waals surface area contributed by atoms with E-state index in [-0.39, 0.29) is 6.10 Å². The Labute approximate surface area is 151 Å². The Morgan fingerprint density at radius 1 is 0.885 bits per heavy atom. The van der Waals surface area contributed by atoms with Crippen molar-refractivity contribution in [2.75, 3.05) is 6.61 Å². The van der Waals surface area contributed by atoms with Crippen molar-refractivity contribution in [3.05, 3.63) is 70.8 Å². The lowest BCUT2D eigenvalue weighted by molar-refractivity contribution is -0.231. The molecule has 0 aliphatic carbocycles. The molecule has 2 aromatic rings. The molecule has 2 aliphatic rings. The Morgan fingerprint density at radius 3 is 2.38 bits per heavy atom. The minimum Gasteiger partial charge on any atom is -0.394 e. The summed E-state index contributed by atoms with van der Waals surface area (Å²) in [6.45, 7) is 0.0615. The van der Waals surface area contributed by atoms with Crippen molar-refractivity contribution in [2.45, 2.75) is 43.2 Å². The van der Waals surface area contributed by atoms with Crippen molar-refractivity contribution in [1.82, 2.24) is 0 Å². The van der Waals surface area contributed by atoms with Crippen LogP contribution in [0, 0.1) is 0 Å². The van der Waals surface area contributed by atoms with Crippen molar-refractivity contribution in [3.63, 3.8) is 0 Å². The van der Waals surface area contributed by atoms with Crippen molar-refractivity contribution >= 4 is 0 Å². The molecule has 0 aromatic heterocycles. The van der Waals surface area contributed by atoms with Crippen LogP contribution >= 0.6 is 0 Å². The summed E-state index contributed by atoms with van der Waals surface area (Å²) in [5, 5.41) is 39.7. The topological polar surface area (TPSA) is 99.4 Å². The van der Waals surface area contributed by atoms with E-state index in [1.807, 2.05) is 48.5 Å². The molecule has 2 aliphatic heterocycles. The van der Waals surface area contributed by atoms with E-state index in [1.54, 1.807) is 0 Å². The summed E-state index contributed by atoms with van der Waals surface area (Å²) in [5.74, 6) is 0. The molecule has 0 bridgehead atoms. The Bertz CT molecular complexity index is 762. The van der Waals surface area contributed by atoms with E-state index >= 15 is 0 Å². The van der Waals surface area contributed by atoms with Crippen molar-refractivity contribution in [2.24, 2.45) is 0 Å². The maximum Gasteiger partial charge on any atom is 0.113 e. The fourth-order valence-corrected chi connectivity index (χ4v) is 3.71. The lowest BCUT2D eigenvalue weighted by atomic mass is 9.89. The molecule has 0 spiro atoms. The Hall–Kier alpha value is -1.80. The minimum absolute atomic E-state index is 0.198. The molecule has 6 atom stereocenters. The minimum atomic E-state index is -1.39. The van der Waals surface area contributed by atoms with Gasteiger partial charge >= 0.3 is 0 Å². The van der Waals surface area contributed by atoms with Crippen LogP contribution in [-0.4, -0.2) is 51.4 Å². The normalized spacial score (nSPS) is 33.8. The first kappa shape index (κ1) is 17.6. The molecule has 4 rings (SSSR count). The van der Waals surface area contributed by atoms with Crippen LogP contribution in [0.15, 0.2) is 48.5 Å². The van der Waals surface area contributed by atoms with Gasteiger partial charge in [0.15, 0.2) is 0 Å². The van der Waals surface area contributed by atoms with Crippen LogP contribution in [-0.2, 0) is 16.1 Å². The van der Waals surface area contributed by atoms with Gasteiger partial charge in [-0.05, 0) is 28.3 Å². The third-order valence-electron chi connectivity index (χ3n) is 5.18. The highest BCUT2D eigenvalue weighted by atomic mass is 16.5. The van der Waals surface area contributed by atoms with Gasteiger partial charge in [0.2, 0.25) is 0 Å². The number of benzene rings is 2. The standard InChI is InChI=1S/C20H22O6/c21-9-15-16(22)17(23)18(24)20(26-15)12-6-7-13-10-25-19(14(13)8-12)11-4-2-1-3-5-11/h1-8,15-24H,9-10H2. The quantitative estimate of drug-likeness (QED) is 0.648. The fraction of sp³-hybridized carbons (Fsp3) is 0.400. The van der Waals surface area contributed by atoms with Crippen LogP contribution in [0.1, 0.15) is 34.5 Å². The maximum atomic E-state index is 10.4. The molecule has 26 heavy (non-hydrogen) atoms. The zero-order valence-electron chi connectivity index (χ0n) is 14.1. The van der Waals surface area contributed by atoms with Gasteiger partial charge in [0.1, 0.15) is 36.6 Å². The molecule has 6 unspecified atom stereocenters. The first-order valence-corrected chi connectivity index (χ1v) is 8.70. The van der Waals surface area contributed by atoms with E-state index in [4.69, 9.17) is 9.47 Å². The van der Waals surface area contributed by atoms with Crippen molar-refractivity contribution < 1.29 is 29.9 Å². The summed E-state index contributed by atoms with van der Waals surface area (Å²) >= 11 is 0. The second-order valence-electron chi connectivity index (χ2n) is 6.81. The van der Waals surface area contributed by atoms with E-state index in [0.29, 0.717) is 12.2 Å². The van der Waals surface area contributed by atoms with Crippen LogP contribution in [0.5, 0.6) is 0 Å². The van der Waals surface area contributed by atoms with Gasteiger partial charge in [-0.1, -0.05) is 42.5 Å².